The number of nitrogens with one attached hydrogen (secondary N) is 1. The first kappa shape index (κ1) is 19.3. The van der Waals surface area contributed by atoms with Crippen molar-refractivity contribution in [1.82, 2.24) is 4.72 Å². The zero-order valence-corrected chi connectivity index (χ0v) is 16.1. The Morgan fingerprint density at radius 1 is 0.920 bits per heavy atom. The van der Waals surface area contributed by atoms with Gasteiger partial charge in [-0.15, -0.1) is 0 Å². The summed E-state index contributed by atoms with van der Waals surface area (Å²) >= 11 is 0. The predicted molar refractivity (Wildman–Crippen MR) is 98.7 cm³/mol. The number of hydrogen-bond donors (Lipinski definition) is 1. The van der Waals surface area contributed by atoms with Gasteiger partial charge in [0.1, 0.15) is 0 Å². The van der Waals surface area contributed by atoms with E-state index in [0.717, 1.165) is 11.1 Å². The van der Waals surface area contributed by atoms with Gasteiger partial charge in [0.05, 0.1) is 19.1 Å². The van der Waals surface area contributed by atoms with E-state index >= 15 is 0 Å². The smallest absolute Gasteiger partial charge is 0.240 e. The van der Waals surface area contributed by atoms with E-state index < -0.39 is 10.0 Å². The fraction of sp³-hybridized carbons (Fsp3) is 0.368. The molecule has 2 aromatic rings. The molecular weight excluding hydrogens is 338 g/mol. The van der Waals surface area contributed by atoms with Gasteiger partial charge in [0.15, 0.2) is 11.5 Å². The third-order valence-corrected chi connectivity index (χ3v) is 5.36. The Bertz CT molecular complexity index is 821. The molecule has 0 atom stereocenters. The fourth-order valence-electron chi connectivity index (χ4n) is 2.39. The first-order chi connectivity index (χ1) is 11.7. The molecule has 0 aliphatic carbocycles. The zero-order chi connectivity index (χ0) is 18.7. The third kappa shape index (κ3) is 4.74. The Labute approximate surface area is 150 Å². The summed E-state index contributed by atoms with van der Waals surface area (Å²) in [7, 11) is -0.477. The number of methoxy groups -OCH3 is 2. The minimum absolute atomic E-state index is 0.0185. The van der Waals surface area contributed by atoms with Crippen LogP contribution in [0.2, 0.25) is 0 Å². The maximum Gasteiger partial charge on any atom is 0.240 e. The summed E-state index contributed by atoms with van der Waals surface area (Å²) in [5.41, 5.74) is 1.86. The Kier molecular flexibility index (Phi) is 5.75. The maximum atomic E-state index is 12.5. The van der Waals surface area contributed by atoms with Crippen LogP contribution in [0.25, 0.3) is 0 Å². The largest absolute Gasteiger partial charge is 0.493 e. The van der Waals surface area contributed by atoms with Gasteiger partial charge < -0.3 is 9.47 Å². The molecule has 0 bridgehead atoms. The van der Waals surface area contributed by atoms with Gasteiger partial charge in [-0.2, -0.15) is 0 Å². The normalized spacial score (nSPS) is 12.0. The molecule has 0 amide bonds. The van der Waals surface area contributed by atoms with Crippen LogP contribution in [0.5, 0.6) is 11.5 Å². The number of hydrogen-bond acceptors (Lipinski definition) is 4. The van der Waals surface area contributed by atoms with E-state index in [1.165, 1.54) is 0 Å². The van der Waals surface area contributed by atoms with Crippen LogP contribution in [0.15, 0.2) is 47.4 Å². The van der Waals surface area contributed by atoms with Crippen LogP contribution in [-0.4, -0.2) is 22.6 Å². The van der Waals surface area contributed by atoms with Crippen molar-refractivity contribution in [2.24, 2.45) is 0 Å². The molecule has 0 saturated heterocycles. The van der Waals surface area contributed by atoms with Gasteiger partial charge >= 0.3 is 0 Å². The number of benzene rings is 2. The van der Waals surface area contributed by atoms with Crippen molar-refractivity contribution < 1.29 is 17.9 Å². The summed E-state index contributed by atoms with van der Waals surface area (Å²) in [6, 6.07) is 12.3. The van der Waals surface area contributed by atoms with E-state index in [9.17, 15) is 8.42 Å². The van der Waals surface area contributed by atoms with E-state index in [-0.39, 0.29) is 16.9 Å². The minimum atomic E-state index is -3.58. The molecule has 0 aliphatic heterocycles. The second-order valence-corrected chi connectivity index (χ2v) is 8.56. The molecule has 25 heavy (non-hydrogen) atoms. The first-order valence-corrected chi connectivity index (χ1v) is 9.47. The highest BCUT2D eigenvalue weighted by molar-refractivity contribution is 7.89. The van der Waals surface area contributed by atoms with Gasteiger partial charge in [0, 0.05) is 6.54 Å². The molecule has 0 aliphatic rings. The highest BCUT2D eigenvalue weighted by Gasteiger charge is 2.17. The average Bonchev–Trinajstić information content (AvgIpc) is 2.59. The molecule has 0 heterocycles. The maximum absolute atomic E-state index is 12.5. The molecule has 2 rings (SSSR count). The SMILES string of the molecule is COc1ccc(CNS(=O)(=O)c2ccc(C(C)(C)C)cc2)cc1OC. The zero-order valence-electron chi connectivity index (χ0n) is 15.3. The van der Waals surface area contributed by atoms with Crippen LogP contribution in [0, 0.1) is 0 Å². The predicted octanol–water partition coefficient (Wildman–Crippen LogP) is 3.48. The fourth-order valence-corrected chi connectivity index (χ4v) is 3.40. The average molecular weight is 363 g/mol. The summed E-state index contributed by atoms with van der Waals surface area (Å²) in [5, 5.41) is 0. The molecule has 5 nitrogen and oxygen atoms in total. The summed E-state index contributed by atoms with van der Waals surface area (Å²) in [4.78, 5) is 0.251. The van der Waals surface area contributed by atoms with E-state index in [2.05, 4.69) is 25.5 Å². The molecule has 6 heteroatoms. The lowest BCUT2D eigenvalue weighted by Crippen LogP contribution is -2.23. The molecule has 0 saturated carbocycles. The second kappa shape index (κ2) is 7.45. The Hall–Kier alpha value is -2.05. The van der Waals surface area contributed by atoms with Gasteiger partial charge in [-0.1, -0.05) is 39.0 Å². The van der Waals surface area contributed by atoms with Crippen molar-refractivity contribution in [1.29, 1.82) is 0 Å². The molecule has 0 unspecified atom stereocenters. The van der Waals surface area contributed by atoms with Crippen LogP contribution in [0.3, 0.4) is 0 Å². The topological polar surface area (TPSA) is 64.6 Å². The van der Waals surface area contributed by atoms with Crippen LogP contribution in [0.1, 0.15) is 31.9 Å². The minimum Gasteiger partial charge on any atom is -0.493 e. The van der Waals surface area contributed by atoms with Gasteiger partial charge in [-0.3, -0.25) is 0 Å². The molecular formula is C19H25NO4S. The molecule has 0 spiro atoms. The molecule has 1 N–H and O–H groups in total. The van der Waals surface area contributed by atoms with Crippen LogP contribution in [0.4, 0.5) is 0 Å². The van der Waals surface area contributed by atoms with Gasteiger partial charge in [0.25, 0.3) is 0 Å². The van der Waals surface area contributed by atoms with Crippen molar-refractivity contribution in [2.75, 3.05) is 14.2 Å². The summed E-state index contributed by atoms with van der Waals surface area (Å²) in [6.07, 6.45) is 0. The molecule has 0 radical (unpaired) electrons. The van der Waals surface area contributed by atoms with Crippen LogP contribution < -0.4 is 14.2 Å². The standard InChI is InChI=1S/C19H25NO4S/c1-19(2,3)15-7-9-16(10-8-15)25(21,22)20-13-14-6-11-17(23-4)18(12-14)24-5/h6-12,20H,13H2,1-5H3. The van der Waals surface area contributed by atoms with Gasteiger partial charge in [-0.25, -0.2) is 13.1 Å². The summed E-state index contributed by atoms with van der Waals surface area (Å²) < 4.78 is 38.0. The van der Waals surface area contributed by atoms with Crippen molar-refractivity contribution in [2.45, 2.75) is 37.6 Å². The molecule has 136 valence electrons. The monoisotopic (exact) mass is 363 g/mol. The van der Waals surface area contributed by atoms with E-state index in [1.807, 2.05) is 12.1 Å². The number of ether oxygens (including phenoxy) is 2. The van der Waals surface area contributed by atoms with Crippen molar-refractivity contribution >= 4 is 10.0 Å². The summed E-state index contributed by atoms with van der Waals surface area (Å²) in [6.45, 7) is 6.44. The Morgan fingerprint density at radius 3 is 2.04 bits per heavy atom. The number of sulfonamides is 1. The van der Waals surface area contributed by atoms with Crippen molar-refractivity contribution in [3.63, 3.8) is 0 Å². The van der Waals surface area contributed by atoms with E-state index in [0.29, 0.717) is 11.5 Å². The van der Waals surface area contributed by atoms with Gasteiger partial charge in [0.2, 0.25) is 10.0 Å². The second-order valence-electron chi connectivity index (χ2n) is 6.79. The quantitative estimate of drug-likeness (QED) is 0.853. The van der Waals surface area contributed by atoms with Crippen molar-refractivity contribution in [3.8, 4) is 11.5 Å². The lowest BCUT2D eigenvalue weighted by Gasteiger charge is -2.19. The Morgan fingerprint density at radius 2 is 1.52 bits per heavy atom. The first-order valence-electron chi connectivity index (χ1n) is 7.98. The van der Waals surface area contributed by atoms with E-state index in [4.69, 9.17) is 9.47 Å². The third-order valence-electron chi connectivity index (χ3n) is 3.94. The molecule has 0 fully saturated rings. The van der Waals surface area contributed by atoms with Gasteiger partial charge in [-0.05, 0) is 40.8 Å². The highest BCUT2D eigenvalue weighted by Crippen LogP contribution is 2.28. The van der Waals surface area contributed by atoms with Crippen molar-refractivity contribution in [3.05, 3.63) is 53.6 Å². The molecule has 0 aromatic heterocycles. The lowest BCUT2D eigenvalue weighted by molar-refractivity contribution is 0.354. The Balaban J connectivity index is 2.14. The number of rotatable bonds is 6. The molecule has 2 aromatic carbocycles. The van der Waals surface area contributed by atoms with Crippen LogP contribution >= 0.6 is 0 Å². The van der Waals surface area contributed by atoms with E-state index in [1.54, 1.807) is 44.6 Å². The summed E-state index contributed by atoms with van der Waals surface area (Å²) in [5.74, 6) is 1.17. The van der Waals surface area contributed by atoms with Crippen LogP contribution in [-0.2, 0) is 22.0 Å². The highest BCUT2D eigenvalue weighted by atomic mass is 32.2. The lowest BCUT2D eigenvalue weighted by atomic mass is 9.87.